The third-order valence-corrected chi connectivity index (χ3v) is 2.66. The lowest BCUT2D eigenvalue weighted by Gasteiger charge is -2.15. The number of hydrogen-bond acceptors (Lipinski definition) is 4. The number of nitrogens with two attached hydrogens (primary N) is 1. The number of hydrogen-bond donors (Lipinski definition) is 3. The maximum atomic E-state index is 13.0. The Balaban J connectivity index is 2.30. The van der Waals surface area contributed by atoms with Crippen molar-refractivity contribution in [3.63, 3.8) is 0 Å². The Hall–Kier alpha value is -1.37. The van der Waals surface area contributed by atoms with Crippen molar-refractivity contribution >= 4 is 6.29 Å². The summed E-state index contributed by atoms with van der Waals surface area (Å²) in [7, 11) is 0. The summed E-state index contributed by atoms with van der Waals surface area (Å²) in [6.45, 7) is 0. The van der Waals surface area contributed by atoms with E-state index >= 15 is 0 Å². The van der Waals surface area contributed by atoms with Gasteiger partial charge in [-0.05, 0) is 17.7 Å². The summed E-state index contributed by atoms with van der Waals surface area (Å²) in [5, 5.41) is 0. The third-order valence-electron chi connectivity index (χ3n) is 2.66. The number of carbonyl (C=O) groups excluding carboxylic acids is 1. The van der Waals surface area contributed by atoms with Gasteiger partial charge in [0.1, 0.15) is 6.29 Å². The van der Waals surface area contributed by atoms with Gasteiger partial charge in [-0.3, -0.25) is 0 Å². The Labute approximate surface area is 90.8 Å². The molecule has 16 heavy (non-hydrogen) atoms. The average molecular weight is 227 g/mol. The van der Waals surface area contributed by atoms with E-state index in [9.17, 15) is 13.6 Å². The first kappa shape index (κ1) is 11.1. The zero-order valence-corrected chi connectivity index (χ0v) is 8.28. The van der Waals surface area contributed by atoms with Crippen LogP contribution in [0.4, 0.5) is 8.78 Å². The smallest absolute Gasteiger partial charge is 0.159 e. The number of carbonyl (C=O) groups is 1. The fraction of sp³-hybridized carbons (Fsp3) is 0.300. The summed E-state index contributed by atoms with van der Waals surface area (Å²) in [6.07, 6.45) is 0.166. The molecule has 0 amide bonds. The number of aldehydes is 1. The van der Waals surface area contributed by atoms with Gasteiger partial charge in [-0.25, -0.2) is 19.6 Å². The predicted octanol–water partition coefficient (Wildman–Crippen LogP) is 0.214. The SMILES string of the molecule is NC1NNC(c2ccc(F)c(F)c2)C1C=O. The standard InChI is InChI=1S/C10H11F2N3O/c11-7-2-1-5(3-8(7)12)9-6(4-16)10(13)15-14-9/h1-4,6,9-10,14-15H,13H2. The first-order valence-corrected chi connectivity index (χ1v) is 4.80. The van der Waals surface area contributed by atoms with Gasteiger partial charge in [0.05, 0.1) is 18.1 Å². The number of rotatable bonds is 2. The van der Waals surface area contributed by atoms with Crippen LogP contribution in [-0.4, -0.2) is 12.5 Å². The summed E-state index contributed by atoms with van der Waals surface area (Å²) in [5.41, 5.74) is 11.6. The van der Waals surface area contributed by atoms with E-state index in [-0.39, 0.29) is 0 Å². The minimum absolute atomic E-state index is 0.442. The molecule has 6 heteroatoms. The van der Waals surface area contributed by atoms with Gasteiger partial charge in [0, 0.05) is 0 Å². The Morgan fingerprint density at radius 2 is 2.00 bits per heavy atom. The Bertz CT molecular complexity index is 413. The molecule has 1 aromatic carbocycles. The Kier molecular flexibility index (Phi) is 2.95. The van der Waals surface area contributed by atoms with Crippen LogP contribution in [0, 0.1) is 17.6 Å². The highest BCUT2D eigenvalue weighted by Crippen LogP contribution is 2.26. The number of hydrazine groups is 1. The molecule has 1 aromatic rings. The van der Waals surface area contributed by atoms with E-state index in [1.807, 2.05) is 0 Å². The fourth-order valence-electron chi connectivity index (χ4n) is 1.76. The summed E-state index contributed by atoms with van der Waals surface area (Å²) in [4.78, 5) is 10.8. The number of benzene rings is 1. The van der Waals surface area contributed by atoms with Crippen LogP contribution in [0.1, 0.15) is 11.6 Å². The second-order valence-corrected chi connectivity index (χ2v) is 3.68. The summed E-state index contributed by atoms with van der Waals surface area (Å²) in [6, 6.07) is 3.07. The van der Waals surface area contributed by atoms with Crippen molar-refractivity contribution < 1.29 is 13.6 Å². The van der Waals surface area contributed by atoms with Crippen LogP contribution in [0.15, 0.2) is 18.2 Å². The van der Waals surface area contributed by atoms with Gasteiger partial charge in [-0.2, -0.15) is 0 Å². The van der Waals surface area contributed by atoms with Crippen molar-refractivity contribution in [1.29, 1.82) is 0 Å². The molecular weight excluding hydrogens is 216 g/mol. The first-order chi connectivity index (χ1) is 7.63. The van der Waals surface area contributed by atoms with Crippen LogP contribution in [0.2, 0.25) is 0 Å². The topological polar surface area (TPSA) is 67.2 Å². The Morgan fingerprint density at radius 1 is 1.25 bits per heavy atom. The second-order valence-electron chi connectivity index (χ2n) is 3.68. The minimum Gasteiger partial charge on any atom is -0.314 e. The second kappa shape index (κ2) is 4.25. The molecule has 1 heterocycles. The lowest BCUT2D eigenvalue weighted by Crippen LogP contribution is -2.39. The molecule has 1 fully saturated rings. The quantitative estimate of drug-likeness (QED) is 0.632. The maximum Gasteiger partial charge on any atom is 0.159 e. The van der Waals surface area contributed by atoms with E-state index < -0.39 is 29.8 Å². The first-order valence-electron chi connectivity index (χ1n) is 4.80. The van der Waals surface area contributed by atoms with Gasteiger partial charge in [-0.1, -0.05) is 6.07 Å². The van der Waals surface area contributed by atoms with E-state index in [4.69, 9.17) is 5.73 Å². The zero-order chi connectivity index (χ0) is 11.7. The van der Waals surface area contributed by atoms with E-state index in [1.165, 1.54) is 6.07 Å². The van der Waals surface area contributed by atoms with Gasteiger partial charge in [0.15, 0.2) is 11.6 Å². The molecule has 2 rings (SSSR count). The van der Waals surface area contributed by atoms with Crippen molar-refractivity contribution in [2.75, 3.05) is 0 Å². The highest BCUT2D eigenvalue weighted by atomic mass is 19.2. The highest BCUT2D eigenvalue weighted by molar-refractivity contribution is 5.57. The lowest BCUT2D eigenvalue weighted by atomic mass is 9.94. The van der Waals surface area contributed by atoms with E-state index in [0.29, 0.717) is 11.8 Å². The van der Waals surface area contributed by atoms with Gasteiger partial charge in [0.25, 0.3) is 0 Å². The highest BCUT2D eigenvalue weighted by Gasteiger charge is 2.34. The van der Waals surface area contributed by atoms with Gasteiger partial charge >= 0.3 is 0 Å². The van der Waals surface area contributed by atoms with Gasteiger partial charge in [0.2, 0.25) is 0 Å². The van der Waals surface area contributed by atoms with Crippen LogP contribution < -0.4 is 16.6 Å². The number of halogens is 2. The molecule has 0 bridgehead atoms. The zero-order valence-electron chi connectivity index (χ0n) is 8.28. The van der Waals surface area contributed by atoms with Crippen molar-refractivity contribution in [3.8, 4) is 0 Å². The molecule has 0 aliphatic carbocycles. The minimum atomic E-state index is -0.940. The van der Waals surface area contributed by atoms with Crippen LogP contribution in [0.25, 0.3) is 0 Å². The van der Waals surface area contributed by atoms with Gasteiger partial charge < -0.3 is 10.5 Å². The fourth-order valence-corrected chi connectivity index (χ4v) is 1.76. The van der Waals surface area contributed by atoms with Crippen LogP contribution >= 0.6 is 0 Å². The molecule has 86 valence electrons. The summed E-state index contributed by atoms with van der Waals surface area (Å²) < 4.78 is 25.8. The summed E-state index contributed by atoms with van der Waals surface area (Å²) in [5.74, 6) is -2.36. The monoisotopic (exact) mass is 227 g/mol. The molecular formula is C10H11F2N3O. The van der Waals surface area contributed by atoms with Crippen molar-refractivity contribution in [2.45, 2.75) is 12.2 Å². The third kappa shape index (κ3) is 1.82. The van der Waals surface area contributed by atoms with Crippen LogP contribution in [0.5, 0.6) is 0 Å². The lowest BCUT2D eigenvalue weighted by molar-refractivity contribution is -0.111. The normalized spacial score (nSPS) is 29.3. The average Bonchev–Trinajstić information content (AvgIpc) is 2.63. The summed E-state index contributed by atoms with van der Waals surface area (Å²) >= 11 is 0. The van der Waals surface area contributed by atoms with Crippen LogP contribution in [-0.2, 0) is 4.79 Å². The number of nitrogens with one attached hydrogen (secondary N) is 2. The molecule has 4 nitrogen and oxygen atoms in total. The molecule has 0 radical (unpaired) electrons. The van der Waals surface area contributed by atoms with E-state index in [1.54, 1.807) is 0 Å². The largest absolute Gasteiger partial charge is 0.314 e. The van der Waals surface area contributed by atoms with E-state index in [2.05, 4.69) is 10.9 Å². The van der Waals surface area contributed by atoms with Crippen molar-refractivity contribution in [1.82, 2.24) is 10.9 Å². The van der Waals surface area contributed by atoms with E-state index in [0.717, 1.165) is 12.1 Å². The van der Waals surface area contributed by atoms with Gasteiger partial charge in [-0.15, -0.1) is 0 Å². The maximum absolute atomic E-state index is 13.0. The van der Waals surface area contributed by atoms with Crippen molar-refractivity contribution in [3.05, 3.63) is 35.4 Å². The molecule has 1 aliphatic rings. The Morgan fingerprint density at radius 3 is 2.62 bits per heavy atom. The molecule has 1 aliphatic heterocycles. The molecule has 4 N–H and O–H groups in total. The molecule has 0 aromatic heterocycles. The molecule has 3 unspecified atom stereocenters. The molecule has 0 saturated carbocycles. The van der Waals surface area contributed by atoms with Crippen LogP contribution in [0.3, 0.4) is 0 Å². The molecule has 1 saturated heterocycles. The van der Waals surface area contributed by atoms with Crippen molar-refractivity contribution in [2.24, 2.45) is 11.7 Å². The molecule has 0 spiro atoms. The molecule has 3 atom stereocenters. The predicted molar refractivity (Wildman–Crippen MR) is 52.9 cm³/mol.